The number of methoxy groups -OCH3 is 1. The fourth-order valence-electron chi connectivity index (χ4n) is 3.29. The van der Waals surface area contributed by atoms with E-state index >= 15 is 0 Å². The Kier molecular flexibility index (Phi) is 5.18. The molecule has 0 amide bonds. The molecule has 0 aliphatic carbocycles. The van der Waals surface area contributed by atoms with Crippen LogP contribution in [0.25, 0.3) is 6.08 Å². The van der Waals surface area contributed by atoms with Crippen LogP contribution in [0.3, 0.4) is 0 Å². The highest BCUT2D eigenvalue weighted by Crippen LogP contribution is 2.32. The van der Waals surface area contributed by atoms with Crippen molar-refractivity contribution in [1.29, 1.82) is 0 Å². The third-order valence-corrected chi connectivity index (χ3v) is 6.53. The van der Waals surface area contributed by atoms with Gasteiger partial charge in [0.25, 0.3) is 11.2 Å². The molecular formula is C20H15N3O5S2. The summed E-state index contributed by atoms with van der Waals surface area (Å²) in [5, 5.41) is 12.9. The van der Waals surface area contributed by atoms with Gasteiger partial charge in [0.15, 0.2) is 4.80 Å². The summed E-state index contributed by atoms with van der Waals surface area (Å²) in [6.45, 7) is 1.71. The van der Waals surface area contributed by atoms with Gasteiger partial charge in [0.2, 0.25) is 0 Å². The van der Waals surface area contributed by atoms with Gasteiger partial charge in [-0.3, -0.25) is 19.5 Å². The van der Waals surface area contributed by atoms with E-state index in [1.807, 2.05) is 17.5 Å². The third kappa shape index (κ3) is 3.40. The molecule has 0 bridgehead atoms. The fraction of sp³-hybridized carbons (Fsp3) is 0.150. The van der Waals surface area contributed by atoms with Crippen LogP contribution in [0, 0.1) is 10.1 Å². The van der Waals surface area contributed by atoms with Crippen LogP contribution in [-0.4, -0.2) is 22.6 Å². The normalized spacial score (nSPS) is 16.2. The van der Waals surface area contributed by atoms with Gasteiger partial charge >= 0.3 is 5.97 Å². The van der Waals surface area contributed by atoms with Crippen LogP contribution >= 0.6 is 22.7 Å². The van der Waals surface area contributed by atoms with E-state index in [9.17, 15) is 19.7 Å². The number of nitro benzene ring substituents is 1. The summed E-state index contributed by atoms with van der Waals surface area (Å²) in [4.78, 5) is 42.1. The van der Waals surface area contributed by atoms with Gasteiger partial charge in [-0.1, -0.05) is 29.5 Å². The average molecular weight is 441 g/mol. The molecule has 30 heavy (non-hydrogen) atoms. The maximum atomic E-state index is 13.3. The number of allylic oxidation sites excluding steroid dienone is 1. The van der Waals surface area contributed by atoms with E-state index in [-0.39, 0.29) is 11.2 Å². The minimum absolute atomic E-state index is 0.0585. The average Bonchev–Trinajstić information content (AvgIpc) is 3.36. The lowest BCUT2D eigenvalue weighted by molar-refractivity contribution is -0.384. The molecule has 10 heteroatoms. The van der Waals surface area contributed by atoms with Gasteiger partial charge in [-0.25, -0.2) is 9.79 Å². The quantitative estimate of drug-likeness (QED) is 0.351. The number of esters is 1. The number of carbonyl (C=O) groups excluding carboxylic acids is 1. The number of rotatable bonds is 4. The molecule has 1 aliphatic rings. The topological polar surface area (TPSA) is 104 Å². The second-order valence-electron chi connectivity index (χ2n) is 6.44. The summed E-state index contributed by atoms with van der Waals surface area (Å²) in [5.74, 6) is -0.539. The molecular weight excluding hydrogens is 426 g/mol. The zero-order chi connectivity index (χ0) is 21.4. The molecule has 152 valence electrons. The van der Waals surface area contributed by atoms with Crippen LogP contribution in [0.1, 0.15) is 23.4 Å². The lowest BCUT2D eigenvalue weighted by Crippen LogP contribution is -2.39. The van der Waals surface area contributed by atoms with Crippen molar-refractivity contribution >= 4 is 40.4 Å². The number of thiophene rings is 1. The molecule has 2 aromatic heterocycles. The van der Waals surface area contributed by atoms with Crippen LogP contribution < -0.4 is 14.9 Å². The third-order valence-electron chi connectivity index (χ3n) is 4.62. The number of benzene rings is 1. The summed E-state index contributed by atoms with van der Waals surface area (Å²) >= 11 is 2.60. The largest absolute Gasteiger partial charge is 0.466 e. The van der Waals surface area contributed by atoms with Gasteiger partial charge in [-0.15, -0.1) is 11.3 Å². The van der Waals surface area contributed by atoms with E-state index in [2.05, 4.69) is 4.99 Å². The number of aromatic nitrogens is 1. The number of non-ortho nitro benzene ring substituents is 1. The zero-order valence-corrected chi connectivity index (χ0v) is 17.5. The Bertz CT molecular complexity index is 1370. The van der Waals surface area contributed by atoms with E-state index < -0.39 is 16.9 Å². The summed E-state index contributed by atoms with van der Waals surface area (Å²) in [7, 11) is 1.29. The molecule has 1 atom stereocenters. The van der Waals surface area contributed by atoms with E-state index in [1.165, 1.54) is 46.5 Å². The molecule has 3 aromatic rings. The van der Waals surface area contributed by atoms with Crippen molar-refractivity contribution in [3.8, 4) is 0 Å². The number of carbonyl (C=O) groups is 1. The predicted molar refractivity (Wildman–Crippen MR) is 113 cm³/mol. The SMILES string of the molecule is COC(=O)C1=C(C)N=c2s/c(=C\c3cccc([N+](=O)[O-])c3)c(=O)n2[C@@H]1c1cccs1. The smallest absolute Gasteiger partial charge is 0.338 e. The number of thiazole rings is 1. The molecule has 8 nitrogen and oxygen atoms in total. The van der Waals surface area contributed by atoms with Gasteiger partial charge in [0.1, 0.15) is 6.04 Å². The Morgan fingerprint density at radius 1 is 1.33 bits per heavy atom. The number of fused-ring (bicyclic) bond motifs is 1. The van der Waals surface area contributed by atoms with Gasteiger partial charge in [-0.05, 0) is 30.0 Å². The van der Waals surface area contributed by atoms with E-state index in [1.54, 1.807) is 25.1 Å². The van der Waals surface area contributed by atoms with Gasteiger partial charge in [-0.2, -0.15) is 0 Å². The molecule has 0 unspecified atom stereocenters. The van der Waals surface area contributed by atoms with Crippen molar-refractivity contribution in [2.24, 2.45) is 4.99 Å². The first-order valence-electron chi connectivity index (χ1n) is 8.79. The van der Waals surface area contributed by atoms with E-state index in [0.717, 1.165) is 4.88 Å². The molecule has 0 saturated heterocycles. The Morgan fingerprint density at radius 2 is 2.13 bits per heavy atom. The number of nitro groups is 1. The molecule has 0 radical (unpaired) electrons. The molecule has 0 saturated carbocycles. The molecule has 0 N–H and O–H groups in total. The number of hydrogen-bond acceptors (Lipinski definition) is 8. The molecule has 4 rings (SSSR count). The predicted octanol–water partition coefficient (Wildman–Crippen LogP) is 2.38. The number of nitrogens with zero attached hydrogens (tertiary/aromatic N) is 3. The van der Waals surface area contributed by atoms with Gasteiger partial charge in [0, 0.05) is 17.0 Å². The van der Waals surface area contributed by atoms with Crippen LogP contribution in [0.5, 0.6) is 0 Å². The highest BCUT2D eigenvalue weighted by Gasteiger charge is 2.33. The second-order valence-corrected chi connectivity index (χ2v) is 8.43. The van der Waals surface area contributed by atoms with E-state index in [0.29, 0.717) is 26.2 Å². The molecule has 0 spiro atoms. The maximum absolute atomic E-state index is 13.3. The number of ether oxygens (including phenoxy) is 1. The van der Waals surface area contributed by atoms with Crippen LogP contribution in [0.15, 0.2) is 62.8 Å². The van der Waals surface area contributed by atoms with Gasteiger partial charge in [0.05, 0.1) is 27.8 Å². The Morgan fingerprint density at radius 3 is 2.80 bits per heavy atom. The first-order chi connectivity index (χ1) is 14.4. The van der Waals surface area contributed by atoms with Crippen molar-refractivity contribution in [3.63, 3.8) is 0 Å². The van der Waals surface area contributed by atoms with Crippen molar-refractivity contribution in [3.05, 3.63) is 93.3 Å². The minimum atomic E-state index is -0.638. The Balaban J connectivity index is 1.94. The fourth-order valence-corrected chi connectivity index (χ4v) is 5.16. The summed E-state index contributed by atoms with van der Waals surface area (Å²) in [6.07, 6.45) is 1.60. The maximum Gasteiger partial charge on any atom is 0.338 e. The summed E-state index contributed by atoms with van der Waals surface area (Å²) in [5.41, 5.74) is 0.957. The Labute approximate surface area is 177 Å². The van der Waals surface area contributed by atoms with Crippen molar-refractivity contribution in [2.45, 2.75) is 13.0 Å². The summed E-state index contributed by atoms with van der Waals surface area (Å²) < 4.78 is 6.80. The van der Waals surface area contributed by atoms with Crippen molar-refractivity contribution in [1.82, 2.24) is 4.57 Å². The van der Waals surface area contributed by atoms with Crippen molar-refractivity contribution in [2.75, 3.05) is 7.11 Å². The number of hydrogen-bond donors (Lipinski definition) is 0. The summed E-state index contributed by atoms with van der Waals surface area (Å²) in [6, 6.07) is 9.11. The monoisotopic (exact) mass is 441 g/mol. The Hall–Kier alpha value is -3.37. The van der Waals surface area contributed by atoms with E-state index in [4.69, 9.17) is 4.74 Å². The second kappa shape index (κ2) is 7.81. The van der Waals surface area contributed by atoms with Gasteiger partial charge < -0.3 is 4.74 Å². The van der Waals surface area contributed by atoms with Crippen molar-refractivity contribution < 1.29 is 14.5 Å². The highest BCUT2D eigenvalue weighted by molar-refractivity contribution is 7.10. The highest BCUT2D eigenvalue weighted by atomic mass is 32.1. The first kappa shape index (κ1) is 19.9. The lowest BCUT2D eigenvalue weighted by atomic mass is 10.0. The van der Waals surface area contributed by atoms with Crippen LogP contribution in [-0.2, 0) is 9.53 Å². The zero-order valence-electron chi connectivity index (χ0n) is 15.9. The minimum Gasteiger partial charge on any atom is -0.466 e. The molecule has 0 fully saturated rings. The van der Waals surface area contributed by atoms with Crippen LogP contribution in [0.4, 0.5) is 5.69 Å². The standard InChI is InChI=1S/C20H15N3O5S2/c1-11-16(19(25)28-2)17(14-7-4-8-29-14)22-18(24)15(30-20(22)21-11)10-12-5-3-6-13(9-12)23(26)27/h3-10,17H,1-2H3/b15-10-/t17-/m1/s1. The first-order valence-corrected chi connectivity index (χ1v) is 10.5. The molecule has 1 aliphatic heterocycles. The molecule has 3 heterocycles. The van der Waals surface area contributed by atoms with Crippen LogP contribution in [0.2, 0.25) is 0 Å². The lowest BCUT2D eigenvalue weighted by Gasteiger charge is -2.22. The molecule has 1 aromatic carbocycles.